The van der Waals surface area contributed by atoms with E-state index in [1.165, 1.54) is 23.2 Å². The van der Waals surface area contributed by atoms with Gasteiger partial charge in [-0.2, -0.15) is 4.98 Å². The summed E-state index contributed by atoms with van der Waals surface area (Å²) in [6.45, 7) is 1.09. The molecule has 3 heterocycles. The number of anilines is 1. The zero-order chi connectivity index (χ0) is 18.8. The maximum Gasteiger partial charge on any atom is 0.302 e. The Bertz CT molecular complexity index is 981. The molecule has 0 radical (unpaired) electrons. The summed E-state index contributed by atoms with van der Waals surface area (Å²) in [7, 11) is 1.64. The van der Waals surface area contributed by atoms with E-state index in [0.29, 0.717) is 18.0 Å². The number of ether oxygens (including phenoxy) is 1. The number of nitrogens with one attached hydrogen (secondary N) is 1. The summed E-state index contributed by atoms with van der Waals surface area (Å²) in [5, 5.41) is 4.37. The second-order valence-electron chi connectivity index (χ2n) is 6.08. The summed E-state index contributed by atoms with van der Waals surface area (Å²) in [4.78, 5) is 31.1. The Hall–Kier alpha value is -3.13. The largest absolute Gasteiger partial charge is 0.497 e. The van der Waals surface area contributed by atoms with Gasteiger partial charge in [0.05, 0.1) is 12.0 Å². The first-order valence-corrected chi connectivity index (χ1v) is 9.27. The molecule has 0 bridgehead atoms. The lowest BCUT2D eigenvalue weighted by Gasteiger charge is -2.28. The van der Waals surface area contributed by atoms with Crippen molar-refractivity contribution in [3.05, 3.63) is 63.7 Å². The number of fused-ring (bicyclic) bond motifs is 1. The van der Waals surface area contributed by atoms with Crippen molar-refractivity contribution in [2.75, 3.05) is 19.0 Å². The molecule has 1 aliphatic rings. The van der Waals surface area contributed by atoms with Gasteiger partial charge >= 0.3 is 6.01 Å². The average Bonchev–Trinajstić information content (AvgIpc) is 3.38. The molecule has 2 amide bonds. The number of rotatable bonds is 4. The lowest BCUT2D eigenvalue weighted by Crippen LogP contribution is -2.36. The Kier molecular flexibility index (Phi) is 4.64. The number of thiophene rings is 1. The predicted molar refractivity (Wildman–Crippen MR) is 100 cm³/mol. The van der Waals surface area contributed by atoms with Gasteiger partial charge in [0.1, 0.15) is 12.0 Å². The number of oxazole rings is 1. The minimum atomic E-state index is -0.313. The molecule has 27 heavy (non-hydrogen) atoms. The Morgan fingerprint density at radius 3 is 2.96 bits per heavy atom. The van der Waals surface area contributed by atoms with Gasteiger partial charge in [0, 0.05) is 13.1 Å². The SMILES string of the molecule is COc1ccc2c(c1)CCN(C(=O)c1coc(NC(=O)c3cccs3)n1)C2. The van der Waals surface area contributed by atoms with Gasteiger partial charge in [-0.25, -0.2) is 0 Å². The second-order valence-corrected chi connectivity index (χ2v) is 7.03. The van der Waals surface area contributed by atoms with Crippen LogP contribution in [0.15, 0.2) is 46.4 Å². The number of hydrogen-bond donors (Lipinski definition) is 1. The summed E-state index contributed by atoms with van der Waals surface area (Å²) < 4.78 is 10.5. The average molecular weight is 383 g/mol. The molecule has 8 heteroatoms. The molecular formula is C19H17N3O4S. The highest BCUT2D eigenvalue weighted by molar-refractivity contribution is 7.12. The third-order valence-corrected chi connectivity index (χ3v) is 5.27. The number of methoxy groups -OCH3 is 1. The number of hydrogen-bond acceptors (Lipinski definition) is 6. The number of nitrogens with zero attached hydrogens (tertiary/aromatic N) is 2. The van der Waals surface area contributed by atoms with Crippen molar-refractivity contribution in [1.82, 2.24) is 9.88 Å². The van der Waals surface area contributed by atoms with Crippen LogP contribution in [0.3, 0.4) is 0 Å². The maximum atomic E-state index is 12.7. The van der Waals surface area contributed by atoms with Gasteiger partial charge in [-0.1, -0.05) is 12.1 Å². The van der Waals surface area contributed by atoms with Gasteiger partial charge in [-0.05, 0) is 41.1 Å². The van der Waals surface area contributed by atoms with E-state index in [4.69, 9.17) is 9.15 Å². The van der Waals surface area contributed by atoms with E-state index >= 15 is 0 Å². The van der Waals surface area contributed by atoms with Crippen molar-refractivity contribution in [3.63, 3.8) is 0 Å². The fourth-order valence-electron chi connectivity index (χ4n) is 2.99. The standard InChI is InChI=1S/C19H17N3O4S/c1-25-14-5-4-13-10-22(7-6-12(13)9-14)18(24)15-11-26-19(20-15)21-17(23)16-3-2-8-27-16/h2-5,8-9,11H,6-7,10H2,1H3,(H,20,21,23). The summed E-state index contributed by atoms with van der Waals surface area (Å²) >= 11 is 1.32. The normalized spacial score (nSPS) is 13.1. The van der Waals surface area contributed by atoms with E-state index in [1.807, 2.05) is 23.6 Å². The molecular weight excluding hydrogens is 366 g/mol. The molecule has 0 fully saturated rings. The second kappa shape index (κ2) is 7.24. The predicted octanol–water partition coefficient (Wildman–Crippen LogP) is 3.20. The quantitative estimate of drug-likeness (QED) is 0.748. The number of benzene rings is 1. The number of carbonyl (C=O) groups excluding carboxylic acids is 2. The zero-order valence-corrected chi connectivity index (χ0v) is 15.4. The molecule has 0 unspecified atom stereocenters. The molecule has 3 aromatic rings. The van der Waals surface area contributed by atoms with Crippen LogP contribution in [0.5, 0.6) is 5.75 Å². The van der Waals surface area contributed by atoms with E-state index in [0.717, 1.165) is 17.7 Å². The van der Waals surface area contributed by atoms with Crippen LogP contribution >= 0.6 is 11.3 Å². The molecule has 0 saturated carbocycles. The Labute approximate surface area is 159 Å². The van der Waals surface area contributed by atoms with Gasteiger partial charge in [-0.3, -0.25) is 14.9 Å². The lowest BCUT2D eigenvalue weighted by atomic mass is 9.99. The fourth-order valence-corrected chi connectivity index (χ4v) is 3.61. The minimum absolute atomic E-state index is 0.0129. The fraction of sp³-hybridized carbons (Fsp3) is 0.211. The van der Waals surface area contributed by atoms with Crippen molar-refractivity contribution in [1.29, 1.82) is 0 Å². The third-order valence-electron chi connectivity index (χ3n) is 4.40. The molecule has 4 rings (SSSR count). The van der Waals surface area contributed by atoms with Gasteiger partial charge in [-0.15, -0.1) is 11.3 Å². The molecule has 7 nitrogen and oxygen atoms in total. The van der Waals surface area contributed by atoms with Gasteiger partial charge in [0.25, 0.3) is 11.8 Å². The highest BCUT2D eigenvalue weighted by atomic mass is 32.1. The molecule has 1 aromatic carbocycles. The van der Waals surface area contributed by atoms with Crippen LogP contribution in [-0.2, 0) is 13.0 Å². The molecule has 138 valence electrons. The first kappa shape index (κ1) is 17.3. The van der Waals surface area contributed by atoms with Crippen LogP contribution in [0.25, 0.3) is 0 Å². The van der Waals surface area contributed by atoms with Crippen LogP contribution in [0.4, 0.5) is 6.01 Å². The van der Waals surface area contributed by atoms with Crippen LogP contribution in [0, 0.1) is 0 Å². The molecule has 2 aromatic heterocycles. The monoisotopic (exact) mass is 383 g/mol. The number of amides is 2. The summed E-state index contributed by atoms with van der Waals surface area (Å²) in [6, 6.07) is 9.37. The van der Waals surface area contributed by atoms with Crippen molar-refractivity contribution >= 4 is 29.2 Å². The molecule has 1 aliphatic heterocycles. The highest BCUT2D eigenvalue weighted by Gasteiger charge is 2.25. The Morgan fingerprint density at radius 1 is 1.30 bits per heavy atom. The van der Waals surface area contributed by atoms with E-state index in [2.05, 4.69) is 10.3 Å². The zero-order valence-electron chi connectivity index (χ0n) is 14.6. The van der Waals surface area contributed by atoms with Crippen molar-refractivity contribution in [3.8, 4) is 5.75 Å². The van der Waals surface area contributed by atoms with Gasteiger partial charge < -0.3 is 14.1 Å². The van der Waals surface area contributed by atoms with E-state index in [-0.39, 0.29) is 23.5 Å². The van der Waals surface area contributed by atoms with Crippen LogP contribution < -0.4 is 10.1 Å². The maximum absolute atomic E-state index is 12.7. The van der Waals surface area contributed by atoms with Crippen LogP contribution in [0.1, 0.15) is 31.3 Å². The first-order chi connectivity index (χ1) is 13.1. The molecule has 0 saturated heterocycles. The minimum Gasteiger partial charge on any atom is -0.497 e. The van der Waals surface area contributed by atoms with E-state index in [1.54, 1.807) is 24.1 Å². The van der Waals surface area contributed by atoms with Crippen molar-refractivity contribution < 1.29 is 18.7 Å². The topological polar surface area (TPSA) is 84.7 Å². The van der Waals surface area contributed by atoms with E-state index < -0.39 is 0 Å². The summed E-state index contributed by atoms with van der Waals surface area (Å²) in [5.41, 5.74) is 2.45. The van der Waals surface area contributed by atoms with Crippen molar-refractivity contribution in [2.24, 2.45) is 0 Å². The number of carbonyl (C=O) groups is 2. The van der Waals surface area contributed by atoms with Crippen molar-refractivity contribution in [2.45, 2.75) is 13.0 Å². The van der Waals surface area contributed by atoms with Gasteiger partial charge in [0.15, 0.2) is 5.69 Å². The molecule has 0 spiro atoms. The molecule has 0 aliphatic carbocycles. The first-order valence-electron chi connectivity index (χ1n) is 8.39. The Balaban J connectivity index is 1.44. The number of aromatic nitrogens is 1. The summed E-state index contributed by atoms with van der Waals surface area (Å²) in [6.07, 6.45) is 2.02. The smallest absolute Gasteiger partial charge is 0.302 e. The van der Waals surface area contributed by atoms with E-state index in [9.17, 15) is 9.59 Å². The Morgan fingerprint density at radius 2 is 2.19 bits per heavy atom. The molecule has 0 atom stereocenters. The van der Waals surface area contributed by atoms with Crippen LogP contribution in [0.2, 0.25) is 0 Å². The molecule has 1 N–H and O–H groups in total. The highest BCUT2D eigenvalue weighted by Crippen LogP contribution is 2.25. The lowest BCUT2D eigenvalue weighted by molar-refractivity contribution is 0.0728. The summed E-state index contributed by atoms with van der Waals surface area (Å²) in [5.74, 6) is 0.277. The van der Waals surface area contributed by atoms with Gasteiger partial charge in [0.2, 0.25) is 0 Å². The third kappa shape index (κ3) is 3.56. The van der Waals surface area contributed by atoms with Crippen LogP contribution in [-0.4, -0.2) is 35.4 Å².